The lowest BCUT2D eigenvalue weighted by Gasteiger charge is -2.10. The van der Waals surface area contributed by atoms with Gasteiger partial charge in [0, 0.05) is 65.3 Å². The highest BCUT2D eigenvalue weighted by Gasteiger charge is 2.07. The monoisotopic (exact) mass is 440 g/mol. The molecular formula is C26H28N6O. The molecule has 0 amide bonds. The number of fused-ring (bicyclic) bond motifs is 1. The number of hydrogen-bond donors (Lipinski definition) is 2. The van der Waals surface area contributed by atoms with Crippen molar-refractivity contribution in [1.29, 1.82) is 0 Å². The van der Waals surface area contributed by atoms with Gasteiger partial charge in [-0.05, 0) is 55.9 Å². The molecular weight excluding hydrogens is 412 g/mol. The zero-order valence-electron chi connectivity index (χ0n) is 19.0. The molecule has 0 unspecified atom stereocenters. The van der Waals surface area contributed by atoms with Gasteiger partial charge in [0.25, 0.3) is 0 Å². The van der Waals surface area contributed by atoms with Gasteiger partial charge in [0.2, 0.25) is 5.88 Å². The maximum absolute atomic E-state index is 5.89. The van der Waals surface area contributed by atoms with Crippen molar-refractivity contribution in [3.63, 3.8) is 0 Å². The van der Waals surface area contributed by atoms with Crippen molar-refractivity contribution in [2.75, 3.05) is 27.2 Å². The highest BCUT2D eigenvalue weighted by Crippen LogP contribution is 2.22. The van der Waals surface area contributed by atoms with Gasteiger partial charge in [0.05, 0.1) is 12.0 Å². The van der Waals surface area contributed by atoms with Gasteiger partial charge in [-0.3, -0.25) is 4.98 Å². The Morgan fingerprint density at radius 2 is 2.00 bits per heavy atom. The maximum atomic E-state index is 5.89. The minimum Gasteiger partial charge on any atom is -0.478 e. The molecule has 0 saturated heterocycles. The van der Waals surface area contributed by atoms with Crippen molar-refractivity contribution in [2.45, 2.75) is 6.42 Å². The summed E-state index contributed by atoms with van der Waals surface area (Å²) in [7, 11) is 4.10. The van der Waals surface area contributed by atoms with Gasteiger partial charge in [-0.25, -0.2) is 9.97 Å². The second-order valence-electron chi connectivity index (χ2n) is 8.04. The van der Waals surface area contributed by atoms with Crippen molar-refractivity contribution in [3.8, 4) is 17.0 Å². The number of H-pyrrole nitrogens is 1. The summed E-state index contributed by atoms with van der Waals surface area (Å²) in [6.45, 7) is 5.82. The van der Waals surface area contributed by atoms with E-state index in [4.69, 9.17) is 10.5 Å². The van der Waals surface area contributed by atoms with Crippen LogP contribution >= 0.6 is 0 Å². The molecule has 0 radical (unpaired) electrons. The fourth-order valence-corrected chi connectivity index (χ4v) is 3.56. The van der Waals surface area contributed by atoms with E-state index in [9.17, 15) is 0 Å². The summed E-state index contributed by atoms with van der Waals surface area (Å²) in [4.78, 5) is 18.7. The fourth-order valence-electron chi connectivity index (χ4n) is 3.56. The number of hydrogen-bond acceptors (Lipinski definition) is 6. The van der Waals surface area contributed by atoms with Gasteiger partial charge in [0.15, 0.2) is 0 Å². The third-order valence-electron chi connectivity index (χ3n) is 5.31. The molecule has 0 aromatic carbocycles. The molecule has 33 heavy (non-hydrogen) atoms. The summed E-state index contributed by atoms with van der Waals surface area (Å²) < 4.78 is 5.74. The summed E-state index contributed by atoms with van der Waals surface area (Å²) in [5.74, 6) is 0.620. The van der Waals surface area contributed by atoms with Gasteiger partial charge in [0.1, 0.15) is 5.65 Å². The number of nitrogens with one attached hydrogen (secondary N) is 1. The summed E-state index contributed by atoms with van der Waals surface area (Å²) >= 11 is 0. The van der Waals surface area contributed by atoms with Gasteiger partial charge in [-0.2, -0.15) is 0 Å². The van der Waals surface area contributed by atoms with Crippen LogP contribution in [-0.2, 0) is 0 Å². The van der Waals surface area contributed by atoms with Crippen LogP contribution in [0.1, 0.15) is 12.0 Å². The summed E-state index contributed by atoms with van der Waals surface area (Å²) in [5, 5.41) is 2.68. The van der Waals surface area contributed by atoms with Gasteiger partial charge < -0.3 is 20.4 Å². The first-order valence-electron chi connectivity index (χ1n) is 10.8. The molecule has 168 valence electrons. The predicted molar refractivity (Wildman–Crippen MR) is 134 cm³/mol. The zero-order valence-corrected chi connectivity index (χ0v) is 19.0. The van der Waals surface area contributed by atoms with Crippen molar-refractivity contribution in [2.24, 2.45) is 5.73 Å². The van der Waals surface area contributed by atoms with Crippen molar-refractivity contribution >= 4 is 28.9 Å². The normalized spacial score (nSPS) is 12.6. The summed E-state index contributed by atoms with van der Waals surface area (Å²) in [5.41, 5.74) is 10.4. The van der Waals surface area contributed by atoms with Gasteiger partial charge in [-0.1, -0.05) is 12.6 Å². The molecule has 0 aliphatic rings. The van der Waals surface area contributed by atoms with E-state index < -0.39 is 0 Å². The first-order valence-corrected chi connectivity index (χ1v) is 10.8. The summed E-state index contributed by atoms with van der Waals surface area (Å²) in [6, 6.07) is 9.84. The number of aromatic nitrogens is 4. The largest absolute Gasteiger partial charge is 0.478 e. The Hall–Kier alpha value is -3.97. The van der Waals surface area contributed by atoms with E-state index in [1.165, 1.54) is 0 Å². The van der Waals surface area contributed by atoms with Crippen LogP contribution in [-0.4, -0.2) is 52.1 Å². The Morgan fingerprint density at radius 3 is 2.70 bits per heavy atom. The van der Waals surface area contributed by atoms with Gasteiger partial charge in [-0.15, -0.1) is 0 Å². The Morgan fingerprint density at radius 1 is 1.15 bits per heavy atom. The third-order valence-corrected chi connectivity index (χ3v) is 5.31. The number of rotatable bonds is 8. The van der Waals surface area contributed by atoms with E-state index in [1.807, 2.05) is 42.7 Å². The topological polar surface area (TPSA) is 93.0 Å². The molecule has 0 saturated carbocycles. The smallest absolute Gasteiger partial charge is 0.213 e. The van der Waals surface area contributed by atoms with Crippen LogP contribution in [0, 0.1) is 0 Å². The highest BCUT2D eigenvalue weighted by atomic mass is 16.5. The number of aromatic amines is 1. The second kappa shape index (κ2) is 10.1. The van der Waals surface area contributed by atoms with Crippen LogP contribution in [0.25, 0.3) is 40.0 Å². The molecule has 4 aromatic rings. The number of pyridine rings is 3. The lowest BCUT2D eigenvalue weighted by molar-refractivity contribution is 0.273. The molecule has 4 aromatic heterocycles. The van der Waals surface area contributed by atoms with Crippen LogP contribution < -0.4 is 21.0 Å². The molecule has 0 spiro atoms. The average molecular weight is 441 g/mol. The quantitative estimate of drug-likeness (QED) is 0.409. The maximum Gasteiger partial charge on any atom is 0.213 e. The van der Waals surface area contributed by atoms with E-state index in [1.54, 1.807) is 18.6 Å². The molecule has 0 atom stereocenters. The van der Waals surface area contributed by atoms with E-state index in [2.05, 4.69) is 51.6 Å². The standard InChI is InChI=1S/C26H28N6O/c1-18(19-6-4-9-28-15-19)12-22-23-13-21(17-30-26(23)31-24(22)14-27)20-7-8-25(29-16-20)33-11-5-10-32(2)3/h4,6-9,12-17H,1,5,10-11,27H2,2-3H3,(H,30,31)/b22-12-,24-14+. The van der Waals surface area contributed by atoms with Crippen molar-refractivity contribution < 1.29 is 4.74 Å². The van der Waals surface area contributed by atoms with Crippen LogP contribution in [0.3, 0.4) is 0 Å². The SMILES string of the molecule is C=C(/C=c1\c(=C/N)[nH]c2ncc(-c3ccc(OCCCN(C)C)nc3)cc12)c1cccnc1. The van der Waals surface area contributed by atoms with Crippen LogP contribution in [0.5, 0.6) is 5.88 Å². The van der Waals surface area contributed by atoms with E-state index in [-0.39, 0.29) is 0 Å². The molecule has 7 nitrogen and oxygen atoms in total. The lowest BCUT2D eigenvalue weighted by Crippen LogP contribution is -2.24. The zero-order chi connectivity index (χ0) is 23.2. The first kappa shape index (κ1) is 22.2. The molecule has 0 fully saturated rings. The number of nitrogens with two attached hydrogens (primary N) is 1. The minimum absolute atomic E-state index is 0.620. The van der Waals surface area contributed by atoms with Crippen molar-refractivity contribution in [1.82, 2.24) is 24.8 Å². The fraction of sp³-hybridized carbons (Fsp3) is 0.192. The summed E-state index contributed by atoms with van der Waals surface area (Å²) in [6.07, 6.45) is 11.7. The first-order chi connectivity index (χ1) is 16.0. The number of nitrogens with zero attached hydrogens (tertiary/aromatic N) is 4. The Labute approximate surface area is 193 Å². The number of ether oxygens (including phenoxy) is 1. The van der Waals surface area contributed by atoms with E-state index in [0.29, 0.717) is 12.5 Å². The van der Waals surface area contributed by atoms with Crippen LogP contribution in [0.4, 0.5) is 0 Å². The van der Waals surface area contributed by atoms with Crippen molar-refractivity contribution in [3.05, 3.63) is 77.8 Å². The molecule has 0 aliphatic carbocycles. The minimum atomic E-state index is 0.620. The van der Waals surface area contributed by atoms with E-state index >= 15 is 0 Å². The highest BCUT2D eigenvalue weighted by molar-refractivity contribution is 5.91. The molecule has 4 heterocycles. The lowest BCUT2D eigenvalue weighted by atomic mass is 10.1. The molecule has 7 heteroatoms. The Bertz CT molecular complexity index is 1360. The van der Waals surface area contributed by atoms with E-state index in [0.717, 1.165) is 56.8 Å². The van der Waals surface area contributed by atoms with Crippen LogP contribution in [0.15, 0.2) is 61.7 Å². The predicted octanol–water partition coefficient (Wildman–Crippen LogP) is 2.54. The Kier molecular flexibility index (Phi) is 6.80. The van der Waals surface area contributed by atoms with Crippen LogP contribution in [0.2, 0.25) is 0 Å². The molecule has 4 rings (SSSR count). The second-order valence-corrected chi connectivity index (χ2v) is 8.04. The molecule has 0 aliphatic heterocycles. The molecule has 3 N–H and O–H groups in total. The number of allylic oxidation sites excluding steroid dienone is 1. The third kappa shape index (κ3) is 5.27. The van der Waals surface area contributed by atoms with Gasteiger partial charge >= 0.3 is 0 Å². The average Bonchev–Trinajstić information content (AvgIpc) is 3.19. The molecule has 0 bridgehead atoms. The Balaban J connectivity index is 1.63.